The van der Waals surface area contributed by atoms with Crippen LogP contribution in [0.1, 0.15) is 37.0 Å². The van der Waals surface area contributed by atoms with Crippen molar-refractivity contribution < 1.29 is 9.84 Å². The van der Waals surface area contributed by atoms with Crippen molar-refractivity contribution in [1.82, 2.24) is 15.2 Å². The van der Waals surface area contributed by atoms with Gasteiger partial charge in [-0.25, -0.2) is 8.42 Å². The molecule has 126 valence electrons. The second kappa shape index (κ2) is 5.14. The van der Waals surface area contributed by atoms with Crippen LogP contribution in [0.5, 0.6) is 0 Å². The Morgan fingerprint density at radius 3 is 2.62 bits per heavy atom. The van der Waals surface area contributed by atoms with Crippen molar-refractivity contribution in [2.24, 2.45) is 0 Å². The maximum absolute atomic E-state index is 11.9. The first kappa shape index (κ1) is 15.3. The number of hydrogen-bond donors (Lipinski definition) is 1. The van der Waals surface area contributed by atoms with Gasteiger partial charge in [-0.1, -0.05) is 0 Å². The van der Waals surface area contributed by atoms with E-state index in [1.807, 2.05) is 26.0 Å². The Morgan fingerprint density at radius 2 is 1.96 bits per heavy atom. The molecular weight excluding hydrogens is 322 g/mol. The molecule has 24 heavy (non-hydrogen) atoms. The number of aromatic amines is 1. The van der Waals surface area contributed by atoms with Crippen molar-refractivity contribution in [3.63, 3.8) is 0 Å². The summed E-state index contributed by atoms with van der Waals surface area (Å²) in [5.41, 5.74) is 5.55. The number of fused-ring (bicyclic) bond motifs is 1. The third-order valence-corrected chi connectivity index (χ3v) is 5.90. The van der Waals surface area contributed by atoms with Gasteiger partial charge in [-0.15, -0.1) is 0 Å². The van der Waals surface area contributed by atoms with Crippen LogP contribution in [0.3, 0.4) is 0 Å². The Bertz CT molecular complexity index is 1070. The quantitative estimate of drug-likeness (QED) is 0.785. The van der Waals surface area contributed by atoms with Gasteiger partial charge < -0.3 is 0 Å². The van der Waals surface area contributed by atoms with Crippen LogP contribution in [0.25, 0.3) is 22.2 Å². The second-order valence-electron chi connectivity index (χ2n) is 6.67. The van der Waals surface area contributed by atoms with Crippen LogP contribution in [0.15, 0.2) is 29.3 Å². The molecule has 0 aliphatic heterocycles. The molecule has 1 N–H and O–H groups in total. The molecule has 3 aromatic rings. The SMILES string of the molecule is Cc1cc(S(C)(=O)=O)c(C)cc1-c1nccc2n[nH]c(C3CC3)c12.[HH]. The highest BCUT2D eigenvalue weighted by atomic mass is 32.2. The maximum Gasteiger partial charge on any atom is 0.175 e. The van der Waals surface area contributed by atoms with E-state index in [4.69, 9.17) is 0 Å². The van der Waals surface area contributed by atoms with E-state index in [0.29, 0.717) is 10.8 Å². The van der Waals surface area contributed by atoms with Crippen LogP contribution in [0, 0.1) is 13.8 Å². The molecule has 1 aliphatic rings. The van der Waals surface area contributed by atoms with Crippen molar-refractivity contribution in [3.8, 4) is 11.3 Å². The lowest BCUT2D eigenvalue weighted by Crippen LogP contribution is -2.02. The van der Waals surface area contributed by atoms with E-state index < -0.39 is 9.84 Å². The monoisotopic (exact) mass is 343 g/mol. The first-order valence-electron chi connectivity index (χ1n) is 8.01. The van der Waals surface area contributed by atoms with E-state index in [1.54, 1.807) is 12.3 Å². The zero-order valence-electron chi connectivity index (χ0n) is 13.9. The van der Waals surface area contributed by atoms with Gasteiger partial charge in [0.15, 0.2) is 9.84 Å². The number of nitrogens with zero attached hydrogens (tertiary/aromatic N) is 2. The molecule has 0 amide bonds. The fourth-order valence-corrected chi connectivity index (χ4v) is 4.34. The van der Waals surface area contributed by atoms with Crippen LogP contribution in [0.2, 0.25) is 0 Å². The van der Waals surface area contributed by atoms with Crippen LogP contribution in [0.4, 0.5) is 0 Å². The first-order chi connectivity index (χ1) is 11.4. The number of rotatable bonds is 3. The predicted octanol–water partition coefficient (Wildman–Crippen LogP) is 3.77. The third-order valence-electron chi connectivity index (χ3n) is 4.66. The van der Waals surface area contributed by atoms with Gasteiger partial charge in [0, 0.05) is 36.4 Å². The maximum atomic E-state index is 11.9. The molecule has 2 aromatic heterocycles. The normalized spacial score (nSPS) is 15.1. The first-order valence-corrected chi connectivity index (χ1v) is 9.90. The topological polar surface area (TPSA) is 75.7 Å². The number of nitrogens with one attached hydrogen (secondary N) is 1. The summed E-state index contributed by atoms with van der Waals surface area (Å²) in [6.45, 7) is 3.76. The Kier molecular flexibility index (Phi) is 3.28. The summed E-state index contributed by atoms with van der Waals surface area (Å²) in [6.07, 6.45) is 5.36. The summed E-state index contributed by atoms with van der Waals surface area (Å²) < 4.78 is 23.9. The Morgan fingerprint density at radius 1 is 1.21 bits per heavy atom. The molecule has 0 bridgehead atoms. The fraction of sp³-hybridized carbons (Fsp3) is 0.333. The molecule has 1 aliphatic carbocycles. The zero-order chi connectivity index (χ0) is 17.1. The summed E-state index contributed by atoms with van der Waals surface area (Å²) in [7, 11) is -3.24. The molecule has 2 heterocycles. The predicted molar refractivity (Wildman–Crippen MR) is 96.0 cm³/mol. The molecule has 0 radical (unpaired) electrons. The lowest BCUT2D eigenvalue weighted by atomic mass is 9.98. The molecule has 0 saturated heterocycles. The number of hydrogen-bond acceptors (Lipinski definition) is 4. The lowest BCUT2D eigenvalue weighted by Gasteiger charge is -2.12. The standard InChI is InChI=1S/C18H19N3O2S.H2/c1-10-9-15(24(3,22)23)11(2)8-13(10)18-16-14(6-7-19-18)20-21-17(16)12-4-5-12;/h6-9,12H,4-5H2,1-3H3,(H,20,21);1H. The smallest absolute Gasteiger partial charge is 0.175 e. The van der Waals surface area contributed by atoms with Crippen molar-refractivity contribution in [1.29, 1.82) is 0 Å². The minimum absolute atomic E-state index is 0. The number of pyridine rings is 1. The third kappa shape index (κ3) is 2.41. The van der Waals surface area contributed by atoms with Crippen molar-refractivity contribution >= 4 is 20.7 Å². The van der Waals surface area contributed by atoms with E-state index in [9.17, 15) is 8.42 Å². The fourth-order valence-electron chi connectivity index (χ4n) is 3.30. The molecule has 4 rings (SSSR count). The molecule has 0 spiro atoms. The van der Waals surface area contributed by atoms with Crippen LogP contribution in [-0.2, 0) is 9.84 Å². The Balaban J connectivity index is 0.00000182. The summed E-state index contributed by atoms with van der Waals surface area (Å²) in [5.74, 6) is 0.537. The summed E-state index contributed by atoms with van der Waals surface area (Å²) in [5, 5.41) is 8.65. The number of benzene rings is 1. The van der Waals surface area contributed by atoms with Crippen molar-refractivity contribution in [3.05, 3.63) is 41.2 Å². The largest absolute Gasteiger partial charge is 0.281 e. The summed E-state index contributed by atoms with van der Waals surface area (Å²) >= 11 is 0. The molecule has 6 heteroatoms. The molecule has 1 fully saturated rings. The minimum Gasteiger partial charge on any atom is -0.281 e. The van der Waals surface area contributed by atoms with Crippen molar-refractivity contribution in [2.75, 3.05) is 6.26 Å². The molecule has 1 saturated carbocycles. The highest BCUT2D eigenvalue weighted by molar-refractivity contribution is 7.90. The van der Waals surface area contributed by atoms with Gasteiger partial charge >= 0.3 is 0 Å². The highest BCUT2D eigenvalue weighted by Gasteiger charge is 2.29. The molecule has 1 aromatic carbocycles. The van der Waals surface area contributed by atoms with Crippen LogP contribution >= 0.6 is 0 Å². The van der Waals surface area contributed by atoms with Gasteiger partial charge in [0.05, 0.1) is 16.1 Å². The summed E-state index contributed by atoms with van der Waals surface area (Å²) in [6, 6.07) is 5.59. The van der Waals surface area contributed by atoms with Gasteiger partial charge in [0.1, 0.15) is 0 Å². The highest BCUT2D eigenvalue weighted by Crippen LogP contribution is 2.44. The van der Waals surface area contributed by atoms with Gasteiger partial charge in [-0.05, 0) is 56.0 Å². The van der Waals surface area contributed by atoms with E-state index in [2.05, 4.69) is 15.2 Å². The molecule has 0 unspecified atom stereocenters. The summed E-state index contributed by atoms with van der Waals surface area (Å²) in [4.78, 5) is 4.98. The van der Waals surface area contributed by atoms with Gasteiger partial charge in [0.2, 0.25) is 0 Å². The molecule has 0 atom stereocenters. The number of H-pyrrole nitrogens is 1. The molecular formula is C18H21N3O2S. The van der Waals surface area contributed by atoms with Crippen molar-refractivity contribution in [2.45, 2.75) is 37.5 Å². The molecule has 5 nitrogen and oxygen atoms in total. The average Bonchev–Trinajstić information content (AvgIpc) is 3.27. The van der Waals surface area contributed by atoms with Crippen LogP contribution < -0.4 is 0 Å². The van der Waals surface area contributed by atoms with E-state index in [-0.39, 0.29) is 1.43 Å². The van der Waals surface area contributed by atoms with Gasteiger partial charge in [-0.2, -0.15) is 5.10 Å². The van der Waals surface area contributed by atoms with Gasteiger partial charge in [-0.3, -0.25) is 10.1 Å². The van der Waals surface area contributed by atoms with Crippen LogP contribution in [-0.4, -0.2) is 29.9 Å². The minimum atomic E-state index is -3.24. The number of aromatic nitrogens is 3. The second-order valence-corrected chi connectivity index (χ2v) is 8.65. The average molecular weight is 343 g/mol. The van der Waals surface area contributed by atoms with E-state index in [1.165, 1.54) is 19.1 Å². The Labute approximate surface area is 142 Å². The van der Waals surface area contributed by atoms with E-state index >= 15 is 0 Å². The van der Waals surface area contributed by atoms with E-state index in [0.717, 1.165) is 39.0 Å². The number of aryl methyl sites for hydroxylation is 2. The Hall–Kier alpha value is -2.21. The zero-order valence-corrected chi connectivity index (χ0v) is 14.7. The lowest BCUT2D eigenvalue weighted by molar-refractivity contribution is 0.601. The number of sulfone groups is 1. The van der Waals surface area contributed by atoms with Gasteiger partial charge in [0.25, 0.3) is 0 Å².